The van der Waals surface area contributed by atoms with E-state index in [1.165, 1.54) is 4.90 Å². The maximum absolute atomic E-state index is 13.0. The summed E-state index contributed by atoms with van der Waals surface area (Å²) in [4.78, 5) is 17.6. The third kappa shape index (κ3) is 4.95. The van der Waals surface area contributed by atoms with Gasteiger partial charge in [-0.2, -0.15) is 0 Å². The van der Waals surface area contributed by atoms with E-state index in [0.717, 1.165) is 48.4 Å². The standard InChI is InChI=1S/C23H33N3O5S/c1-22(2,3)32(29)25-20-17-12-16(15-31-19-6-4-5-11-30-19)14-24-18(17)13-23(20)7-9-26(10-8-23)21(27)28/h12,14,19H,4-11,13,15H2,1-3H3,(H,27,28). The average Bonchev–Trinajstić information content (AvgIpc) is 3.04. The summed E-state index contributed by atoms with van der Waals surface area (Å²) >= 11 is -1.41. The first-order chi connectivity index (χ1) is 15.2. The van der Waals surface area contributed by atoms with Gasteiger partial charge < -0.3 is 24.0 Å². The fourth-order valence-electron chi connectivity index (χ4n) is 4.59. The van der Waals surface area contributed by atoms with E-state index in [1.807, 2.05) is 27.0 Å². The van der Waals surface area contributed by atoms with Crippen LogP contribution in [0.5, 0.6) is 0 Å². The molecule has 32 heavy (non-hydrogen) atoms. The second-order valence-corrected chi connectivity index (χ2v) is 11.9. The number of aromatic nitrogens is 1. The quantitative estimate of drug-likeness (QED) is 0.683. The number of carboxylic acid groups (broad SMARTS) is 1. The topological polar surface area (TPSA) is 107 Å². The maximum Gasteiger partial charge on any atom is 0.407 e. The normalized spacial score (nSPS) is 25.2. The van der Waals surface area contributed by atoms with Crippen LogP contribution in [0.25, 0.3) is 0 Å². The van der Waals surface area contributed by atoms with Gasteiger partial charge in [0.25, 0.3) is 0 Å². The molecule has 2 atom stereocenters. The minimum atomic E-state index is -1.41. The second-order valence-electron chi connectivity index (χ2n) is 9.97. The highest BCUT2D eigenvalue weighted by molar-refractivity contribution is 7.91. The van der Waals surface area contributed by atoms with E-state index < -0.39 is 22.2 Å². The summed E-state index contributed by atoms with van der Waals surface area (Å²) in [6.07, 6.45) is 5.85. The fourth-order valence-corrected chi connectivity index (χ4v) is 5.32. The Labute approximate surface area is 192 Å². The van der Waals surface area contributed by atoms with Crippen LogP contribution >= 0.6 is 0 Å². The molecule has 9 heteroatoms. The van der Waals surface area contributed by atoms with Gasteiger partial charge in [-0.05, 0) is 64.5 Å². The van der Waals surface area contributed by atoms with Gasteiger partial charge in [0.15, 0.2) is 6.29 Å². The van der Waals surface area contributed by atoms with Crippen molar-refractivity contribution in [3.05, 3.63) is 29.1 Å². The molecule has 1 N–H and O–H groups in total. The Morgan fingerprint density at radius 1 is 1.41 bits per heavy atom. The van der Waals surface area contributed by atoms with Crippen LogP contribution in [0.1, 0.15) is 69.7 Å². The molecule has 2 unspecified atom stereocenters. The minimum absolute atomic E-state index is 0.176. The van der Waals surface area contributed by atoms with E-state index in [1.54, 1.807) is 0 Å². The first-order valence-electron chi connectivity index (χ1n) is 11.4. The number of amides is 1. The molecule has 1 amide bonds. The second kappa shape index (κ2) is 9.29. The largest absolute Gasteiger partial charge is 0.591 e. The number of piperidine rings is 1. The van der Waals surface area contributed by atoms with Crippen LogP contribution in [0, 0.1) is 5.41 Å². The van der Waals surface area contributed by atoms with Crippen molar-refractivity contribution >= 4 is 23.2 Å². The van der Waals surface area contributed by atoms with E-state index in [-0.39, 0.29) is 11.7 Å². The van der Waals surface area contributed by atoms with E-state index >= 15 is 0 Å². The lowest BCUT2D eigenvalue weighted by molar-refractivity contribution is -0.168. The SMILES string of the molecule is CC(C)(C)[S+]([O-])N=C1c2cc(COC3CCCCO3)cnc2CC12CCN(C(=O)O)CC2. The number of ether oxygens (including phenoxy) is 2. The zero-order valence-corrected chi connectivity index (χ0v) is 19.9. The lowest BCUT2D eigenvalue weighted by atomic mass is 9.75. The van der Waals surface area contributed by atoms with Crippen LogP contribution in [0.4, 0.5) is 4.79 Å². The number of fused-ring (bicyclic) bond motifs is 1. The number of pyridine rings is 1. The Kier molecular flexibility index (Phi) is 6.81. The van der Waals surface area contributed by atoms with Gasteiger partial charge in [-0.1, -0.05) is 4.40 Å². The van der Waals surface area contributed by atoms with Crippen LogP contribution in [-0.2, 0) is 33.9 Å². The van der Waals surface area contributed by atoms with Gasteiger partial charge >= 0.3 is 6.09 Å². The summed E-state index contributed by atoms with van der Waals surface area (Å²) in [7, 11) is 0. The molecule has 2 saturated heterocycles. The molecule has 2 fully saturated rings. The Bertz CT molecular complexity index is 871. The molecule has 8 nitrogen and oxygen atoms in total. The number of hydrogen-bond acceptors (Lipinski definition) is 6. The molecule has 4 rings (SSSR count). The molecule has 0 saturated carbocycles. The van der Waals surface area contributed by atoms with Crippen LogP contribution < -0.4 is 0 Å². The van der Waals surface area contributed by atoms with Gasteiger partial charge in [0, 0.05) is 43.3 Å². The highest BCUT2D eigenvalue weighted by Gasteiger charge is 2.48. The van der Waals surface area contributed by atoms with Crippen LogP contribution in [0.15, 0.2) is 16.7 Å². The van der Waals surface area contributed by atoms with Gasteiger partial charge in [0.2, 0.25) is 0 Å². The summed E-state index contributed by atoms with van der Waals surface area (Å²) in [5.74, 6) is 0. The molecule has 1 aliphatic carbocycles. The van der Waals surface area contributed by atoms with Crippen LogP contribution in [0.3, 0.4) is 0 Å². The molecule has 0 bridgehead atoms. The van der Waals surface area contributed by atoms with Crippen molar-refractivity contribution in [2.24, 2.45) is 9.81 Å². The van der Waals surface area contributed by atoms with E-state index in [0.29, 0.717) is 39.0 Å². The van der Waals surface area contributed by atoms with Crippen molar-refractivity contribution in [2.45, 2.75) is 76.9 Å². The lowest BCUT2D eigenvalue weighted by Crippen LogP contribution is -2.45. The number of carbonyl (C=O) groups is 1. The third-order valence-electron chi connectivity index (χ3n) is 6.55. The lowest BCUT2D eigenvalue weighted by Gasteiger charge is -2.38. The van der Waals surface area contributed by atoms with Gasteiger partial charge in [0.1, 0.15) is 21.8 Å². The zero-order chi connectivity index (χ0) is 22.9. The van der Waals surface area contributed by atoms with Crippen LogP contribution in [-0.4, -0.2) is 62.1 Å². The predicted molar refractivity (Wildman–Crippen MR) is 122 cm³/mol. The third-order valence-corrected chi connectivity index (χ3v) is 7.95. The molecule has 0 aromatic carbocycles. The number of nitrogens with zero attached hydrogens (tertiary/aromatic N) is 3. The summed E-state index contributed by atoms with van der Waals surface area (Å²) in [6.45, 7) is 7.76. The summed E-state index contributed by atoms with van der Waals surface area (Å²) in [6, 6.07) is 2.06. The van der Waals surface area contributed by atoms with E-state index in [4.69, 9.17) is 18.9 Å². The molecule has 3 heterocycles. The number of rotatable bonds is 4. The average molecular weight is 464 g/mol. The Morgan fingerprint density at radius 3 is 2.78 bits per heavy atom. The molecule has 176 valence electrons. The molecule has 0 radical (unpaired) electrons. The molecular weight excluding hydrogens is 430 g/mol. The number of hydrogen-bond donors (Lipinski definition) is 1. The highest BCUT2D eigenvalue weighted by atomic mass is 32.2. The van der Waals surface area contributed by atoms with Gasteiger partial charge in [-0.3, -0.25) is 4.98 Å². The maximum atomic E-state index is 13.0. The first kappa shape index (κ1) is 23.5. The Morgan fingerprint density at radius 2 is 2.16 bits per heavy atom. The van der Waals surface area contributed by atoms with Crippen LogP contribution in [0.2, 0.25) is 0 Å². The van der Waals surface area contributed by atoms with Crippen molar-refractivity contribution in [1.29, 1.82) is 0 Å². The highest BCUT2D eigenvalue weighted by Crippen LogP contribution is 2.45. The molecule has 1 aromatic heterocycles. The Balaban J connectivity index is 1.60. The fraction of sp³-hybridized carbons (Fsp3) is 0.696. The van der Waals surface area contributed by atoms with Gasteiger partial charge in [-0.15, -0.1) is 0 Å². The van der Waals surface area contributed by atoms with Crippen molar-refractivity contribution in [3.63, 3.8) is 0 Å². The predicted octanol–water partition coefficient (Wildman–Crippen LogP) is 3.69. The molecule has 1 aromatic rings. The monoisotopic (exact) mass is 463 g/mol. The smallest absolute Gasteiger partial charge is 0.407 e. The molecule has 3 aliphatic rings. The van der Waals surface area contributed by atoms with Gasteiger partial charge in [-0.25, -0.2) is 4.79 Å². The Hall–Kier alpha value is -1.68. The van der Waals surface area contributed by atoms with Crippen molar-refractivity contribution in [3.8, 4) is 0 Å². The van der Waals surface area contributed by atoms with Crippen molar-refractivity contribution in [1.82, 2.24) is 9.88 Å². The van der Waals surface area contributed by atoms with Crippen molar-refractivity contribution < 1.29 is 23.9 Å². The van der Waals surface area contributed by atoms with E-state index in [2.05, 4.69) is 6.07 Å². The number of likely N-dealkylation sites (tertiary alicyclic amines) is 1. The van der Waals surface area contributed by atoms with E-state index in [9.17, 15) is 14.5 Å². The minimum Gasteiger partial charge on any atom is -0.591 e. The van der Waals surface area contributed by atoms with Gasteiger partial charge in [0.05, 0.1) is 12.3 Å². The summed E-state index contributed by atoms with van der Waals surface area (Å²) in [5, 5.41) is 9.37. The zero-order valence-electron chi connectivity index (χ0n) is 19.1. The van der Waals surface area contributed by atoms with Crippen molar-refractivity contribution in [2.75, 3.05) is 19.7 Å². The molecular formula is C23H33N3O5S. The molecule has 1 spiro atoms. The summed E-state index contributed by atoms with van der Waals surface area (Å²) in [5.41, 5.74) is 3.29. The molecule has 2 aliphatic heterocycles. The summed E-state index contributed by atoms with van der Waals surface area (Å²) < 4.78 is 28.9. The first-order valence-corrected chi connectivity index (χ1v) is 12.5.